The van der Waals surface area contributed by atoms with Crippen LogP contribution in [0.5, 0.6) is 0 Å². The third kappa shape index (κ3) is 5.49. The maximum atomic E-state index is 17.6. The van der Waals surface area contributed by atoms with E-state index in [-0.39, 0.29) is 6.17 Å². The molecule has 7 nitrogen and oxygen atoms in total. The number of nitrogens with zero attached hydrogens (tertiary/aromatic N) is 7. The van der Waals surface area contributed by atoms with Gasteiger partial charge in [-0.2, -0.15) is 5.12 Å². The molecule has 0 radical (unpaired) electrons. The lowest BCUT2D eigenvalue weighted by atomic mass is 9.88. The van der Waals surface area contributed by atoms with Crippen molar-refractivity contribution in [2.24, 2.45) is 0 Å². The highest BCUT2D eigenvalue weighted by molar-refractivity contribution is 5.87. The lowest BCUT2D eigenvalue weighted by molar-refractivity contribution is 0.297. The zero-order valence-corrected chi connectivity index (χ0v) is 29.8. The third-order valence-corrected chi connectivity index (χ3v) is 9.79. The smallest absolute Gasteiger partial charge is 0.178 e. The summed E-state index contributed by atoms with van der Waals surface area (Å²) < 4.78 is 19.7. The van der Waals surface area contributed by atoms with Crippen LogP contribution >= 0.6 is 0 Å². The molecule has 0 aliphatic carbocycles. The fraction of sp³-hybridized carbons (Fsp3) is 0.262. The van der Waals surface area contributed by atoms with Crippen molar-refractivity contribution in [3.8, 4) is 17.1 Å². The van der Waals surface area contributed by atoms with Crippen LogP contribution in [0.2, 0.25) is 0 Å². The Labute approximate surface area is 294 Å². The first-order chi connectivity index (χ1) is 24.1. The molecule has 50 heavy (non-hydrogen) atoms. The number of hydrogen-bond acceptors (Lipinski definition) is 6. The number of aromatic nitrogens is 4. The summed E-state index contributed by atoms with van der Waals surface area (Å²) >= 11 is 0. The standard InChI is InChI=1S/C42H44FN7/c1-28(2)32-19-15-20-33(29(3)4)38(32)47-27-26-46-39(47)34-18-11-12-21-35(34)42(6,7)50(43)37-23-14-13-22-36(37)49-30(5)48(31-16-9-8-10-17-31)40-41(49)45-25-24-44-40/h8-30H,1-7H3. The van der Waals surface area contributed by atoms with Gasteiger partial charge in [0.1, 0.15) is 12.0 Å². The predicted octanol–water partition coefficient (Wildman–Crippen LogP) is 10.8. The SMILES string of the molecule is CC(C)c1cccc(C(C)C)c1-n1ccnc1-c1ccccc1C(C)(C)N(F)c1ccccc1N1c2nccnc2N(c2ccccc2)C1C. The molecule has 8 heteroatoms. The van der Waals surface area contributed by atoms with E-state index in [0.717, 1.165) is 39.3 Å². The minimum Gasteiger partial charge on any atom is -0.302 e. The van der Waals surface area contributed by atoms with Crippen molar-refractivity contribution < 1.29 is 4.48 Å². The summed E-state index contributed by atoms with van der Waals surface area (Å²) in [5.41, 5.74) is 6.35. The van der Waals surface area contributed by atoms with Crippen LogP contribution in [0.3, 0.4) is 0 Å². The van der Waals surface area contributed by atoms with Gasteiger partial charge in [-0.3, -0.25) is 9.47 Å². The van der Waals surface area contributed by atoms with E-state index >= 15 is 4.48 Å². The highest BCUT2D eigenvalue weighted by atomic mass is 19.2. The fourth-order valence-corrected chi connectivity index (χ4v) is 7.30. The molecule has 3 heterocycles. The van der Waals surface area contributed by atoms with Crippen molar-refractivity contribution in [2.75, 3.05) is 14.9 Å². The predicted molar refractivity (Wildman–Crippen MR) is 202 cm³/mol. The molecule has 1 atom stereocenters. The molecule has 0 fully saturated rings. The van der Waals surface area contributed by atoms with E-state index in [0.29, 0.717) is 29.0 Å². The highest BCUT2D eigenvalue weighted by Crippen LogP contribution is 2.49. The van der Waals surface area contributed by atoms with Gasteiger partial charge < -0.3 is 4.90 Å². The van der Waals surface area contributed by atoms with E-state index in [1.54, 1.807) is 12.4 Å². The van der Waals surface area contributed by atoms with Gasteiger partial charge in [0.05, 0.1) is 22.6 Å². The molecule has 0 saturated heterocycles. The van der Waals surface area contributed by atoms with Crippen molar-refractivity contribution in [3.05, 3.63) is 139 Å². The van der Waals surface area contributed by atoms with Crippen LogP contribution in [0, 0.1) is 0 Å². The molecule has 2 aromatic heterocycles. The van der Waals surface area contributed by atoms with Crippen molar-refractivity contribution in [1.29, 1.82) is 0 Å². The number of rotatable bonds is 9. The Morgan fingerprint density at radius 3 is 1.96 bits per heavy atom. The van der Waals surface area contributed by atoms with Crippen LogP contribution in [0.1, 0.15) is 77.0 Å². The second-order valence-electron chi connectivity index (χ2n) is 14.0. The van der Waals surface area contributed by atoms with Gasteiger partial charge in [0.15, 0.2) is 11.6 Å². The van der Waals surface area contributed by atoms with Gasteiger partial charge >= 0.3 is 0 Å². The molecule has 1 aliphatic rings. The van der Waals surface area contributed by atoms with E-state index < -0.39 is 5.54 Å². The molecule has 254 valence electrons. The molecule has 1 aliphatic heterocycles. The number of para-hydroxylation sites is 4. The van der Waals surface area contributed by atoms with E-state index in [1.165, 1.54) is 11.1 Å². The summed E-state index contributed by atoms with van der Waals surface area (Å²) in [5.74, 6) is 2.80. The number of halogens is 1. The maximum Gasteiger partial charge on any atom is 0.178 e. The van der Waals surface area contributed by atoms with Gasteiger partial charge in [-0.05, 0) is 73.6 Å². The van der Waals surface area contributed by atoms with E-state index in [2.05, 4.69) is 85.4 Å². The van der Waals surface area contributed by atoms with Crippen LogP contribution in [-0.2, 0) is 5.54 Å². The summed E-state index contributed by atoms with van der Waals surface area (Å²) in [5, 5.41) is 0.893. The van der Waals surface area contributed by atoms with E-state index in [9.17, 15) is 0 Å². The Bertz CT molecular complexity index is 2090. The number of benzene rings is 4. The Morgan fingerprint density at radius 2 is 1.28 bits per heavy atom. The van der Waals surface area contributed by atoms with Gasteiger partial charge in [-0.15, -0.1) is 0 Å². The topological polar surface area (TPSA) is 53.3 Å². The first-order valence-corrected chi connectivity index (χ1v) is 17.4. The number of anilines is 5. The minimum absolute atomic E-state index is 0.219. The van der Waals surface area contributed by atoms with E-state index in [4.69, 9.17) is 15.0 Å². The third-order valence-electron chi connectivity index (χ3n) is 9.79. The molecule has 0 saturated carbocycles. The lowest BCUT2D eigenvalue weighted by Crippen LogP contribution is -2.39. The summed E-state index contributed by atoms with van der Waals surface area (Å²) in [6, 6.07) is 32.3. The summed E-state index contributed by atoms with van der Waals surface area (Å²) in [7, 11) is 0. The largest absolute Gasteiger partial charge is 0.302 e. The average Bonchev–Trinajstić information content (AvgIpc) is 3.73. The van der Waals surface area contributed by atoms with Gasteiger partial charge in [-0.1, -0.05) is 105 Å². The van der Waals surface area contributed by atoms with Crippen molar-refractivity contribution in [3.63, 3.8) is 0 Å². The number of hydrogen-bond donors (Lipinski definition) is 0. The number of imidazole rings is 1. The second kappa shape index (κ2) is 13.1. The maximum absolute atomic E-state index is 17.6. The van der Waals surface area contributed by atoms with Crippen molar-refractivity contribution >= 4 is 28.7 Å². The van der Waals surface area contributed by atoms with E-state index in [1.807, 2.05) is 86.9 Å². The minimum atomic E-state index is -1.10. The molecule has 0 amide bonds. The number of fused-ring (bicyclic) bond motifs is 1. The molecular weight excluding hydrogens is 622 g/mol. The Kier molecular flexibility index (Phi) is 8.64. The Morgan fingerprint density at radius 1 is 0.680 bits per heavy atom. The molecule has 1 unspecified atom stereocenters. The first-order valence-electron chi connectivity index (χ1n) is 17.4. The second-order valence-corrected chi connectivity index (χ2v) is 14.0. The van der Waals surface area contributed by atoms with Crippen LogP contribution < -0.4 is 14.9 Å². The monoisotopic (exact) mass is 665 g/mol. The zero-order chi connectivity index (χ0) is 35.2. The summed E-state index contributed by atoms with van der Waals surface area (Å²) in [4.78, 5) is 18.6. The Balaban J connectivity index is 1.33. The van der Waals surface area contributed by atoms with Crippen LogP contribution in [0.15, 0.2) is 122 Å². The summed E-state index contributed by atoms with van der Waals surface area (Å²) in [6.45, 7) is 14.8. The summed E-state index contributed by atoms with van der Waals surface area (Å²) in [6.07, 6.45) is 7.04. The Hall–Kier alpha value is -5.50. The van der Waals surface area contributed by atoms with Crippen LogP contribution in [-0.4, -0.2) is 25.7 Å². The molecule has 0 spiro atoms. The molecule has 0 bridgehead atoms. The zero-order valence-electron chi connectivity index (χ0n) is 29.8. The average molecular weight is 666 g/mol. The molecule has 4 aromatic carbocycles. The van der Waals surface area contributed by atoms with Gasteiger partial charge in [-0.25, -0.2) is 15.0 Å². The van der Waals surface area contributed by atoms with Gasteiger partial charge in [0, 0.05) is 36.0 Å². The quantitative estimate of drug-likeness (QED) is 0.143. The normalized spacial score (nSPS) is 14.5. The fourth-order valence-electron chi connectivity index (χ4n) is 7.30. The molecule has 7 rings (SSSR count). The highest BCUT2D eigenvalue weighted by Gasteiger charge is 2.41. The molecule has 0 N–H and O–H groups in total. The molecule has 6 aromatic rings. The lowest BCUT2D eigenvalue weighted by Gasteiger charge is -2.37. The van der Waals surface area contributed by atoms with Crippen LogP contribution in [0.25, 0.3) is 17.1 Å². The van der Waals surface area contributed by atoms with Crippen LogP contribution in [0.4, 0.5) is 33.2 Å². The van der Waals surface area contributed by atoms with Gasteiger partial charge in [0.2, 0.25) is 0 Å². The van der Waals surface area contributed by atoms with Crippen molar-refractivity contribution in [1.82, 2.24) is 19.5 Å². The van der Waals surface area contributed by atoms with Crippen molar-refractivity contribution in [2.45, 2.75) is 72.0 Å². The first kappa shape index (κ1) is 33.0. The molecular formula is C42H44FN7. The van der Waals surface area contributed by atoms with Gasteiger partial charge in [0.25, 0.3) is 0 Å².